The Balaban J connectivity index is 1.61. The number of nitrogens with one attached hydrogen (secondary N) is 1. The van der Waals surface area contributed by atoms with Crippen LogP contribution in [0.15, 0.2) is 30.3 Å². The van der Waals surface area contributed by atoms with Crippen LogP contribution in [-0.4, -0.2) is 18.0 Å². The number of anilines is 1. The normalized spacial score (nSPS) is 14.3. The highest BCUT2D eigenvalue weighted by Gasteiger charge is 2.14. The summed E-state index contributed by atoms with van der Waals surface area (Å²) in [7, 11) is 1.63. The van der Waals surface area contributed by atoms with Gasteiger partial charge in [-0.3, -0.25) is 10.1 Å². The van der Waals surface area contributed by atoms with E-state index in [9.17, 15) is 4.79 Å². The number of nitrogens with zero attached hydrogens (tertiary/aromatic N) is 1. The molecule has 120 valence electrons. The molecular weight excluding hydrogens is 308 g/mol. The average Bonchev–Trinajstić information content (AvgIpc) is 2.81. The summed E-state index contributed by atoms with van der Waals surface area (Å²) in [5.74, 6) is 0.653. The Kier molecular flexibility index (Phi) is 5.08. The van der Waals surface area contributed by atoms with Crippen LogP contribution in [0.5, 0.6) is 5.75 Å². The number of aromatic nitrogens is 1. The maximum atomic E-state index is 12.0. The summed E-state index contributed by atoms with van der Waals surface area (Å²) in [5.41, 5.74) is 2.12. The second kappa shape index (κ2) is 7.42. The molecule has 3 rings (SSSR count). The van der Waals surface area contributed by atoms with Crippen LogP contribution in [0.2, 0.25) is 0 Å². The Morgan fingerprint density at radius 1 is 1.22 bits per heavy atom. The summed E-state index contributed by atoms with van der Waals surface area (Å²) in [6, 6.07) is 7.56. The van der Waals surface area contributed by atoms with E-state index < -0.39 is 0 Å². The molecule has 1 aromatic carbocycles. The molecule has 1 aliphatic rings. The smallest absolute Gasteiger partial charge is 0.250 e. The van der Waals surface area contributed by atoms with Crippen molar-refractivity contribution < 1.29 is 9.53 Å². The minimum atomic E-state index is -0.148. The number of hydrogen-bond acceptors (Lipinski definition) is 4. The van der Waals surface area contributed by atoms with Gasteiger partial charge in [-0.25, -0.2) is 4.98 Å². The zero-order valence-corrected chi connectivity index (χ0v) is 14.0. The maximum Gasteiger partial charge on any atom is 0.250 e. The van der Waals surface area contributed by atoms with Crippen molar-refractivity contribution in [3.8, 4) is 5.75 Å². The quantitative estimate of drug-likeness (QED) is 0.680. The lowest BCUT2D eigenvalue weighted by molar-refractivity contribution is -0.111. The first-order chi connectivity index (χ1) is 11.2. The number of thiazole rings is 1. The van der Waals surface area contributed by atoms with E-state index in [0.717, 1.165) is 24.2 Å². The van der Waals surface area contributed by atoms with Crippen LogP contribution in [0.4, 0.5) is 5.13 Å². The van der Waals surface area contributed by atoms with Crippen molar-refractivity contribution in [2.45, 2.75) is 32.1 Å². The van der Waals surface area contributed by atoms with E-state index in [1.54, 1.807) is 24.5 Å². The summed E-state index contributed by atoms with van der Waals surface area (Å²) in [6.07, 6.45) is 9.13. The van der Waals surface area contributed by atoms with E-state index in [1.807, 2.05) is 24.3 Å². The number of benzene rings is 1. The molecule has 0 atom stereocenters. The molecule has 0 bridgehead atoms. The topological polar surface area (TPSA) is 51.2 Å². The standard InChI is InChI=1S/C18H20N2O2S/c1-22-14-10-7-13(8-11-14)9-12-17(21)20-18-19-15-5-3-2-4-6-16(15)23-18/h7-12H,2-6H2,1H3,(H,19,20,21)/b12-9+. The lowest BCUT2D eigenvalue weighted by Crippen LogP contribution is -2.07. The SMILES string of the molecule is COc1ccc(/C=C/C(=O)Nc2nc3c(s2)CCCCC3)cc1. The van der Waals surface area contributed by atoms with Crippen LogP contribution in [0.3, 0.4) is 0 Å². The molecule has 0 saturated carbocycles. The minimum absolute atomic E-state index is 0.148. The molecule has 0 spiro atoms. The van der Waals surface area contributed by atoms with Crippen molar-refractivity contribution >= 4 is 28.5 Å². The van der Waals surface area contributed by atoms with Gasteiger partial charge in [-0.05, 0) is 49.5 Å². The predicted molar refractivity (Wildman–Crippen MR) is 94.0 cm³/mol. The third-order valence-corrected chi connectivity index (χ3v) is 4.94. The maximum absolute atomic E-state index is 12.0. The molecule has 1 N–H and O–H groups in total. The molecule has 4 nitrogen and oxygen atoms in total. The van der Waals surface area contributed by atoms with Gasteiger partial charge in [-0.2, -0.15) is 0 Å². The molecule has 1 heterocycles. The van der Waals surface area contributed by atoms with E-state index in [4.69, 9.17) is 4.74 Å². The number of ether oxygens (including phenoxy) is 1. The van der Waals surface area contributed by atoms with E-state index in [1.165, 1.54) is 35.9 Å². The number of amides is 1. The van der Waals surface area contributed by atoms with Crippen molar-refractivity contribution in [1.29, 1.82) is 0 Å². The molecule has 23 heavy (non-hydrogen) atoms. The molecule has 1 aliphatic carbocycles. The Morgan fingerprint density at radius 3 is 2.78 bits per heavy atom. The third-order valence-electron chi connectivity index (χ3n) is 3.87. The van der Waals surface area contributed by atoms with Crippen molar-refractivity contribution in [3.63, 3.8) is 0 Å². The van der Waals surface area contributed by atoms with Gasteiger partial charge in [0.05, 0.1) is 12.8 Å². The van der Waals surface area contributed by atoms with Gasteiger partial charge in [-0.15, -0.1) is 11.3 Å². The summed E-state index contributed by atoms with van der Waals surface area (Å²) >= 11 is 1.61. The summed E-state index contributed by atoms with van der Waals surface area (Å²) < 4.78 is 5.11. The number of carbonyl (C=O) groups is 1. The number of aryl methyl sites for hydroxylation is 2. The van der Waals surface area contributed by atoms with E-state index >= 15 is 0 Å². The van der Waals surface area contributed by atoms with Gasteiger partial charge < -0.3 is 4.74 Å². The van der Waals surface area contributed by atoms with Crippen LogP contribution in [0, 0.1) is 0 Å². The fourth-order valence-corrected chi connectivity index (χ4v) is 3.67. The van der Waals surface area contributed by atoms with Crippen molar-refractivity contribution in [2.24, 2.45) is 0 Å². The van der Waals surface area contributed by atoms with Crippen molar-refractivity contribution in [3.05, 3.63) is 46.5 Å². The van der Waals surface area contributed by atoms with Gasteiger partial charge in [0.2, 0.25) is 5.91 Å². The molecule has 0 fully saturated rings. The number of hydrogen-bond donors (Lipinski definition) is 1. The summed E-state index contributed by atoms with van der Waals surface area (Å²) in [5, 5.41) is 3.58. The second-order valence-corrected chi connectivity index (χ2v) is 6.63. The van der Waals surface area contributed by atoms with Gasteiger partial charge >= 0.3 is 0 Å². The van der Waals surface area contributed by atoms with Crippen LogP contribution in [-0.2, 0) is 17.6 Å². The lowest BCUT2D eigenvalue weighted by Gasteiger charge is -1.99. The fourth-order valence-electron chi connectivity index (χ4n) is 2.62. The van der Waals surface area contributed by atoms with Gasteiger partial charge in [0, 0.05) is 11.0 Å². The van der Waals surface area contributed by atoms with Crippen LogP contribution in [0.25, 0.3) is 6.08 Å². The third kappa shape index (κ3) is 4.20. The molecule has 5 heteroatoms. The number of carbonyl (C=O) groups excluding carboxylic acids is 1. The van der Waals surface area contributed by atoms with E-state index in [2.05, 4.69) is 10.3 Å². The molecule has 0 radical (unpaired) electrons. The van der Waals surface area contributed by atoms with Gasteiger partial charge in [0.1, 0.15) is 5.75 Å². The highest BCUT2D eigenvalue weighted by molar-refractivity contribution is 7.15. The van der Waals surface area contributed by atoms with E-state index in [0.29, 0.717) is 5.13 Å². The highest BCUT2D eigenvalue weighted by atomic mass is 32.1. The number of fused-ring (bicyclic) bond motifs is 1. The molecule has 1 amide bonds. The fraction of sp³-hybridized carbons (Fsp3) is 0.333. The molecule has 0 unspecified atom stereocenters. The van der Waals surface area contributed by atoms with Crippen LogP contribution >= 0.6 is 11.3 Å². The Bertz CT molecular complexity index is 681. The zero-order valence-electron chi connectivity index (χ0n) is 13.2. The second-order valence-electron chi connectivity index (χ2n) is 5.55. The van der Waals surface area contributed by atoms with Crippen molar-refractivity contribution in [1.82, 2.24) is 4.98 Å². The first-order valence-corrected chi connectivity index (χ1v) is 8.68. The molecular formula is C18H20N2O2S. The zero-order chi connectivity index (χ0) is 16.1. The Hall–Kier alpha value is -2.14. The highest BCUT2D eigenvalue weighted by Crippen LogP contribution is 2.28. The monoisotopic (exact) mass is 328 g/mol. The largest absolute Gasteiger partial charge is 0.497 e. The Morgan fingerprint density at radius 2 is 2.00 bits per heavy atom. The lowest BCUT2D eigenvalue weighted by atomic mass is 10.2. The molecule has 0 aliphatic heterocycles. The first-order valence-electron chi connectivity index (χ1n) is 7.86. The number of rotatable bonds is 4. The molecule has 2 aromatic rings. The molecule has 0 saturated heterocycles. The average molecular weight is 328 g/mol. The molecule has 1 aromatic heterocycles. The van der Waals surface area contributed by atoms with Gasteiger partial charge in [-0.1, -0.05) is 18.6 Å². The minimum Gasteiger partial charge on any atom is -0.497 e. The van der Waals surface area contributed by atoms with Crippen molar-refractivity contribution in [2.75, 3.05) is 12.4 Å². The first kappa shape index (κ1) is 15.7. The Labute approximate surface area is 140 Å². The van der Waals surface area contributed by atoms with E-state index in [-0.39, 0.29) is 5.91 Å². The predicted octanol–water partition coefficient (Wildman–Crippen LogP) is 4.07. The van der Waals surface area contributed by atoms with Crippen LogP contribution < -0.4 is 10.1 Å². The number of methoxy groups -OCH3 is 1. The summed E-state index contributed by atoms with van der Waals surface area (Å²) in [4.78, 5) is 17.9. The van der Waals surface area contributed by atoms with Gasteiger partial charge in [0.25, 0.3) is 0 Å². The van der Waals surface area contributed by atoms with Crippen LogP contribution in [0.1, 0.15) is 35.4 Å². The summed E-state index contributed by atoms with van der Waals surface area (Å²) in [6.45, 7) is 0. The van der Waals surface area contributed by atoms with Gasteiger partial charge in [0.15, 0.2) is 5.13 Å².